The van der Waals surface area contributed by atoms with E-state index in [2.05, 4.69) is 40.4 Å². The summed E-state index contributed by atoms with van der Waals surface area (Å²) in [6, 6.07) is 18.4. The van der Waals surface area contributed by atoms with Crippen molar-refractivity contribution in [2.24, 2.45) is 5.92 Å². The van der Waals surface area contributed by atoms with Crippen LogP contribution in [0.1, 0.15) is 36.9 Å². The van der Waals surface area contributed by atoms with Gasteiger partial charge in [0, 0.05) is 51.6 Å². The van der Waals surface area contributed by atoms with Gasteiger partial charge in [0.05, 0.1) is 18.7 Å². The number of hydrogen-bond donors (Lipinski definition) is 2. The van der Waals surface area contributed by atoms with Gasteiger partial charge in [-0.05, 0) is 73.8 Å². The number of nitriles is 1. The maximum atomic E-state index is 9.53. The molecule has 0 aliphatic carbocycles. The minimum Gasteiger partial charge on any atom is -0.497 e. The molecule has 2 aromatic carbocycles. The zero-order chi connectivity index (χ0) is 22.8. The molecule has 1 aliphatic rings. The summed E-state index contributed by atoms with van der Waals surface area (Å²) in [5.74, 6) is 1.74. The Hall–Kier alpha value is -3.62. The number of nitrogens with one attached hydrogen (secondary N) is 2. The minimum absolute atomic E-state index is 0.353. The number of ether oxygens (including phenoxy) is 1. The fourth-order valence-corrected chi connectivity index (χ4v) is 5.01. The van der Waals surface area contributed by atoms with Gasteiger partial charge in [-0.1, -0.05) is 19.1 Å². The largest absolute Gasteiger partial charge is 0.497 e. The standard InChI is InChI=1S/C28H28N4O/c1-18(21-6-4-10-30-15-21)28-27(25-11-19(14-29)8-9-26(25)32-28)23-12-22(16-31-17-23)20-5-3-7-24(13-20)33-2/h3,5,7-9,11-13,16-18,21,30,32H,4,6,10,15H2,1-2H3. The van der Waals surface area contributed by atoms with Crippen LogP contribution in [-0.2, 0) is 0 Å². The van der Waals surface area contributed by atoms with Crippen LogP contribution in [0.2, 0.25) is 0 Å². The highest BCUT2D eigenvalue weighted by Gasteiger charge is 2.26. The van der Waals surface area contributed by atoms with Gasteiger partial charge in [-0.2, -0.15) is 5.26 Å². The van der Waals surface area contributed by atoms with Gasteiger partial charge in [-0.25, -0.2) is 0 Å². The highest BCUT2D eigenvalue weighted by molar-refractivity contribution is 5.99. The molecule has 2 unspecified atom stereocenters. The van der Waals surface area contributed by atoms with E-state index < -0.39 is 0 Å². The number of piperidine rings is 1. The second-order valence-corrected chi connectivity index (χ2v) is 8.88. The Balaban J connectivity index is 1.67. The van der Waals surface area contributed by atoms with Crippen molar-refractivity contribution in [2.75, 3.05) is 20.2 Å². The fraction of sp³-hybridized carbons (Fsp3) is 0.286. The lowest BCUT2D eigenvalue weighted by Crippen LogP contribution is -2.32. The SMILES string of the molecule is COc1cccc(-c2cncc(-c3c(C(C)C4CCCNC4)[nH]c4ccc(C#N)cc34)c2)c1. The first-order valence-corrected chi connectivity index (χ1v) is 11.5. The summed E-state index contributed by atoms with van der Waals surface area (Å²) < 4.78 is 5.42. The van der Waals surface area contributed by atoms with Gasteiger partial charge in [0.2, 0.25) is 0 Å². The minimum atomic E-state index is 0.353. The number of aromatic amines is 1. The van der Waals surface area contributed by atoms with Crippen LogP contribution >= 0.6 is 0 Å². The Morgan fingerprint density at radius 1 is 1.09 bits per heavy atom. The average molecular weight is 437 g/mol. The summed E-state index contributed by atoms with van der Waals surface area (Å²) in [6.45, 7) is 4.44. The summed E-state index contributed by atoms with van der Waals surface area (Å²) >= 11 is 0. The molecule has 3 heterocycles. The molecule has 0 saturated carbocycles. The Labute approximate surface area is 194 Å². The third-order valence-electron chi connectivity index (χ3n) is 6.88. The number of fused-ring (bicyclic) bond motifs is 1. The second kappa shape index (κ2) is 9.09. The smallest absolute Gasteiger partial charge is 0.119 e. The Kier molecular flexibility index (Phi) is 5.85. The summed E-state index contributed by atoms with van der Waals surface area (Å²) in [7, 11) is 1.68. The van der Waals surface area contributed by atoms with Crippen molar-refractivity contribution < 1.29 is 4.74 Å². The predicted molar refractivity (Wildman–Crippen MR) is 132 cm³/mol. The molecule has 1 saturated heterocycles. The van der Waals surface area contributed by atoms with Crippen molar-refractivity contribution in [3.05, 3.63) is 72.2 Å². The molecule has 2 aromatic heterocycles. The number of pyridine rings is 1. The van der Waals surface area contributed by atoms with E-state index in [4.69, 9.17) is 4.74 Å². The number of nitrogens with zero attached hydrogens (tertiary/aromatic N) is 2. The van der Waals surface area contributed by atoms with Crippen LogP contribution in [0.25, 0.3) is 33.2 Å². The van der Waals surface area contributed by atoms with Crippen LogP contribution in [-0.4, -0.2) is 30.2 Å². The molecule has 2 atom stereocenters. The van der Waals surface area contributed by atoms with Crippen LogP contribution in [0.3, 0.4) is 0 Å². The summed E-state index contributed by atoms with van der Waals surface area (Å²) in [5.41, 5.74) is 7.25. The predicted octanol–water partition coefficient (Wildman–Crippen LogP) is 5.88. The molecule has 1 aliphatic heterocycles. The molecule has 33 heavy (non-hydrogen) atoms. The first-order valence-electron chi connectivity index (χ1n) is 11.5. The lowest BCUT2D eigenvalue weighted by molar-refractivity contribution is 0.332. The summed E-state index contributed by atoms with van der Waals surface area (Å²) in [5, 5.41) is 14.2. The molecule has 0 amide bonds. The van der Waals surface area contributed by atoms with Crippen molar-refractivity contribution in [3.8, 4) is 34.1 Å². The van der Waals surface area contributed by atoms with Crippen LogP contribution in [0.4, 0.5) is 0 Å². The molecule has 1 fully saturated rings. The molecule has 0 spiro atoms. The van der Waals surface area contributed by atoms with Crippen molar-refractivity contribution >= 4 is 10.9 Å². The third kappa shape index (κ3) is 4.10. The second-order valence-electron chi connectivity index (χ2n) is 8.88. The van der Waals surface area contributed by atoms with Crippen LogP contribution in [0, 0.1) is 17.2 Å². The average Bonchev–Trinajstić information content (AvgIpc) is 3.27. The highest BCUT2D eigenvalue weighted by atomic mass is 16.5. The normalized spacial score (nSPS) is 16.9. The van der Waals surface area contributed by atoms with Crippen LogP contribution in [0.15, 0.2) is 60.9 Å². The molecule has 5 nitrogen and oxygen atoms in total. The number of hydrogen-bond acceptors (Lipinski definition) is 4. The third-order valence-corrected chi connectivity index (χ3v) is 6.88. The van der Waals surface area contributed by atoms with E-state index in [-0.39, 0.29) is 0 Å². The zero-order valence-corrected chi connectivity index (χ0v) is 19.1. The highest BCUT2D eigenvalue weighted by Crippen LogP contribution is 2.41. The lowest BCUT2D eigenvalue weighted by Gasteiger charge is -2.28. The van der Waals surface area contributed by atoms with Gasteiger partial charge in [0.25, 0.3) is 0 Å². The molecular formula is C28H28N4O. The van der Waals surface area contributed by atoms with Crippen LogP contribution in [0.5, 0.6) is 5.75 Å². The van der Waals surface area contributed by atoms with Gasteiger partial charge in [0.1, 0.15) is 5.75 Å². The molecule has 4 aromatic rings. The van der Waals surface area contributed by atoms with E-state index in [1.165, 1.54) is 18.5 Å². The van der Waals surface area contributed by atoms with E-state index in [1.807, 2.05) is 48.8 Å². The van der Waals surface area contributed by atoms with E-state index in [9.17, 15) is 5.26 Å². The van der Waals surface area contributed by atoms with Gasteiger partial charge >= 0.3 is 0 Å². The van der Waals surface area contributed by atoms with Crippen molar-refractivity contribution in [2.45, 2.75) is 25.7 Å². The van der Waals surface area contributed by atoms with Crippen molar-refractivity contribution in [1.82, 2.24) is 15.3 Å². The lowest BCUT2D eigenvalue weighted by atomic mass is 9.83. The Morgan fingerprint density at radius 3 is 2.76 bits per heavy atom. The molecular weight excluding hydrogens is 408 g/mol. The monoisotopic (exact) mass is 436 g/mol. The Bertz CT molecular complexity index is 1330. The van der Waals surface area contributed by atoms with Gasteiger partial charge in [-0.3, -0.25) is 4.98 Å². The van der Waals surface area contributed by atoms with Gasteiger partial charge < -0.3 is 15.0 Å². The quantitative estimate of drug-likeness (QED) is 0.410. The molecule has 0 bridgehead atoms. The van der Waals surface area contributed by atoms with Gasteiger partial charge in [-0.15, -0.1) is 0 Å². The number of aromatic nitrogens is 2. The molecule has 5 heteroatoms. The van der Waals surface area contributed by atoms with E-state index in [0.717, 1.165) is 52.0 Å². The maximum Gasteiger partial charge on any atom is 0.119 e. The van der Waals surface area contributed by atoms with E-state index in [1.54, 1.807) is 7.11 Å². The molecule has 5 rings (SSSR count). The van der Waals surface area contributed by atoms with Crippen molar-refractivity contribution in [1.29, 1.82) is 5.26 Å². The van der Waals surface area contributed by atoms with Crippen molar-refractivity contribution in [3.63, 3.8) is 0 Å². The first kappa shape index (κ1) is 21.2. The van der Waals surface area contributed by atoms with E-state index >= 15 is 0 Å². The summed E-state index contributed by atoms with van der Waals surface area (Å²) in [4.78, 5) is 8.31. The maximum absolute atomic E-state index is 9.53. The molecule has 166 valence electrons. The molecule has 2 N–H and O–H groups in total. The number of rotatable bonds is 5. The number of methoxy groups -OCH3 is 1. The van der Waals surface area contributed by atoms with Crippen LogP contribution < -0.4 is 10.1 Å². The van der Waals surface area contributed by atoms with Gasteiger partial charge in [0.15, 0.2) is 0 Å². The topological polar surface area (TPSA) is 73.7 Å². The fourth-order valence-electron chi connectivity index (χ4n) is 5.01. The number of H-pyrrole nitrogens is 1. The summed E-state index contributed by atoms with van der Waals surface area (Å²) in [6.07, 6.45) is 6.24. The van der Waals surface area contributed by atoms with E-state index in [0.29, 0.717) is 17.4 Å². The first-order chi connectivity index (χ1) is 16.2. The Morgan fingerprint density at radius 2 is 1.97 bits per heavy atom. The molecule has 0 radical (unpaired) electrons. The zero-order valence-electron chi connectivity index (χ0n) is 19.1. The number of benzene rings is 2.